The highest BCUT2D eigenvalue weighted by molar-refractivity contribution is 5.55. The van der Waals surface area contributed by atoms with E-state index in [1.54, 1.807) is 0 Å². The van der Waals surface area contributed by atoms with Gasteiger partial charge in [0.2, 0.25) is 5.89 Å². The number of oxazole rings is 1. The van der Waals surface area contributed by atoms with Gasteiger partial charge in [0.1, 0.15) is 5.76 Å². The van der Waals surface area contributed by atoms with Gasteiger partial charge in [-0.3, -0.25) is 4.98 Å². The maximum absolute atomic E-state index is 6.10. The fourth-order valence-electron chi connectivity index (χ4n) is 3.44. The Hall–Kier alpha value is -2.42. The first-order valence-corrected chi connectivity index (χ1v) is 8.18. The summed E-state index contributed by atoms with van der Waals surface area (Å²) in [5.74, 6) is 2.21. The lowest BCUT2D eigenvalue weighted by Crippen LogP contribution is -2.14. The molecule has 1 aliphatic rings. The van der Waals surface area contributed by atoms with Gasteiger partial charge < -0.3 is 4.42 Å². The van der Waals surface area contributed by atoms with Crippen LogP contribution in [0.4, 0.5) is 0 Å². The van der Waals surface area contributed by atoms with Gasteiger partial charge in [-0.1, -0.05) is 23.8 Å². The highest BCUT2D eigenvalue weighted by Crippen LogP contribution is 2.35. The van der Waals surface area contributed by atoms with Crippen LogP contribution >= 0.6 is 0 Å². The Morgan fingerprint density at radius 1 is 1.13 bits per heavy atom. The molecule has 3 nitrogen and oxygen atoms in total. The lowest BCUT2D eigenvalue weighted by molar-refractivity contribution is 0.453. The number of aromatic nitrogens is 2. The standard InChI is InChI=1S/C20H20N2O/c1-13-5-3-7-16(11-13)20-22-17-9-8-15(12-18(17)23-20)19-14(2)6-4-10-21-19/h3-7,10-11,15H,8-9,12H2,1-2H3. The van der Waals surface area contributed by atoms with E-state index in [0.29, 0.717) is 5.92 Å². The third-order valence-corrected chi connectivity index (χ3v) is 4.64. The Balaban J connectivity index is 1.65. The van der Waals surface area contributed by atoms with Crippen molar-refractivity contribution in [2.24, 2.45) is 0 Å². The van der Waals surface area contributed by atoms with Gasteiger partial charge in [-0.2, -0.15) is 0 Å². The predicted molar refractivity (Wildman–Crippen MR) is 90.4 cm³/mol. The molecule has 2 heterocycles. The Kier molecular flexibility index (Phi) is 3.49. The van der Waals surface area contributed by atoms with E-state index in [0.717, 1.165) is 42.2 Å². The predicted octanol–water partition coefficient (Wildman–Crippen LogP) is 4.63. The van der Waals surface area contributed by atoms with Crippen LogP contribution in [0, 0.1) is 13.8 Å². The summed E-state index contributed by atoms with van der Waals surface area (Å²) in [6.07, 6.45) is 4.83. The molecule has 3 aromatic rings. The number of nitrogens with zero attached hydrogens (tertiary/aromatic N) is 2. The molecule has 2 aromatic heterocycles. The van der Waals surface area contributed by atoms with Crippen LogP contribution < -0.4 is 0 Å². The molecule has 3 heteroatoms. The van der Waals surface area contributed by atoms with Crippen LogP contribution in [-0.2, 0) is 12.8 Å². The molecule has 0 amide bonds. The van der Waals surface area contributed by atoms with Gasteiger partial charge in [-0.15, -0.1) is 0 Å². The first-order valence-electron chi connectivity index (χ1n) is 8.18. The smallest absolute Gasteiger partial charge is 0.226 e. The monoisotopic (exact) mass is 304 g/mol. The summed E-state index contributed by atoms with van der Waals surface area (Å²) in [5, 5.41) is 0. The summed E-state index contributed by atoms with van der Waals surface area (Å²) in [7, 11) is 0. The topological polar surface area (TPSA) is 38.9 Å². The fourth-order valence-corrected chi connectivity index (χ4v) is 3.44. The van der Waals surface area contributed by atoms with Gasteiger partial charge in [-0.05, 0) is 50.5 Å². The molecule has 0 aliphatic heterocycles. The number of hydrogen-bond donors (Lipinski definition) is 0. The Bertz CT molecular complexity index is 850. The molecule has 0 spiro atoms. The summed E-state index contributed by atoms with van der Waals surface area (Å²) in [4.78, 5) is 9.31. The van der Waals surface area contributed by atoms with E-state index in [2.05, 4.69) is 43.1 Å². The van der Waals surface area contributed by atoms with E-state index in [4.69, 9.17) is 9.40 Å². The SMILES string of the molecule is Cc1cccc(-c2nc3c(o2)CC(c2ncccc2C)CC3)c1. The van der Waals surface area contributed by atoms with Gasteiger partial charge in [0, 0.05) is 29.8 Å². The van der Waals surface area contributed by atoms with Crippen molar-refractivity contribution in [3.8, 4) is 11.5 Å². The molecule has 1 aliphatic carbocycles. The van der Waals surface area contributed by atoms with E-state index >= 15 is 0 Å². The van der Waals surface area contributed by atoms with E-state index in [9.17, 15) is 0 Å². The first kappa shape index (κ1) is 14.2. The van der Waals surface area contributed by atoms with E-state index in [-0.39, 0.29) is 0 Å². The largest absolute Gasteiger partial charge is 0.441 e. The van der Waals surface area contributed by atoms with Crippen LogP contribution in [0.5, 0.6) is 0 Å². The van der Waals surface area contributed by atoms with E-state index < -0.39 is 0 Å². The minimum Gasteiger partial charge on any atom is -0.441 e. The van der Waals surface area contributed by atoms with Crippen molar-refractivity contribution in [2.45, 2.75) is 39.0 Å². The third kappa shape index (κ3) is 2.67. The molecule has 4 rings (SSSR count). The lowest BCUT2D eigenvalue weighted by Gasteiger charge is -2.21. The number of rotatable bonds is 2. The summed E-state index contributed by atoms with van der Waals surface area (Å²) in [5.41, 5.74) is 5.86. The fraction of sp³-hybridized carbons (Fsp3) is 0.300. The van der Waals surface area contributed by atoms with Crippen LogP contribution in [0.1, 0.15) is 40.6 Å². The molecule has 0 N–H and O–H groups in total. The molecule has 1 unspecified atom stereocenters. The summed E-state index contributed by atoms with van der Waals surface area (Å²) < 4.78 is 6.10. The quantitative estimate of drug-likeness (QED) is 0.693. The number of benzene rings is 1. The number of aryl methyl sites for hydroxylation is 3. The molecular weight excluding hydrogens is 284 g/mol. The first-order chi connectivity index (χ1) is 11.2. The van der Waals surface area contributed by atoms with E-state index in [1.165, 1.54) is 16.8 Å². The van der Waals surface area contributed by atoms with Crippen molar-refractivity contribution in [3.63, 3.8) is 0 Å². The van der Waals surface area contributed by atoms with Gasteiger partial charge in [-0.25, -0.2) is 4.98 Å². The van der Waals surface area contributed by atoms with Gasteiger partial charge in [0.05, 0.1) is 5.69 Å². The molecule has 0 radical (unpaired) electrons. The second-order valence-corrected chi connectivity index (χ2v) is 6.40. The van der Waals surface area contributed by atoms with Gasteiger partial charge >= 0.3 is 0 Å². The van der Waals surface area contributed by atoms with Crippen molar-refractivity contribution in [3.05, 3.63) is 70.9 Å². The average molecular weight is 304 g/mol. The molecule has 0 saturated heterocycles. The zero-order valence-corrected chi connectivity index (χ0v) is 13.5. The second kappa shape index (κ2) is 5.65. The summed E-state index contributed by atoms with van der Waals surface area (Å²) in [6.45, 7) is 4.22. The lowest BCUT2D eigenvalue weighted by atomic mass is 9.86. The molecule has 0 bridgehead atoms. The average Bonchev–Trinajstić information content (AvgIpc) is 2.98. The highest BCUT2D eigenvalue weighted by atomic mass is 16.4. The van der Waals surface area contributed by atoms with Crippen LogP contribution in [0.3, 0.4) is 0 Å². The zero-order valence-electron chi connectivity index (χ0n) is 13.5. The maximum Gasteiger partial charge on any atom is 0.226 e. The van der Waals surface area contributed by atoms with Crippen molar-refractivity contribution in [1.29, 1.82) is 0 Å². The molecule has 1 atom stereocenters. The van der Waals surface area contributed by atoms with Gasteiger partial charge in [0.15, 0.2) is 0 Å². The molecule has 1 aromatic carbocycles. The Morgan fingerprint density at radius 2 is 2.04 bits per heavy atom. The molecular formula is C20H20N2O. The number of pyridine rings is 1. The molecule has 23 heavy (non-hydrogen) atoms. The zero-order chi connectivity index (χ0) is 15.8. The van der Waals surface area contributed by atoms with Crippen molar-refractivity contribution in [1.82, 2.24) is 9.97 Å². The van der Waals surface area contributed by atoms with Crippen LogP contribution in [-0.4, -0.2) is 9.97 Å². The van der Waals surface area contributed by atoms with Crippen LogP contribution in [0.25, 0.3) is 11.5 Å². The van der Waals surface area contributed by atoms with Crippen molar-refractivity contribution < 1.29 is 4.42 Å². The van der Waals surface area contributed by atoms with Gasteiger partial charge in [0.25, 0.3) is 0 Å². The van der Waals surface area contributed by atoms with Crippen LogP contribution in [0.2, 0.25) is 0 Å². The van der Waals surface area contributed by atoms with Crippen LogP contribution in [0.15, 0.2) is 47.0 Å². The molecule has 0 saturated carbocycles. The summed E-state index contributed by atoms with van der Waals surface area (Å²) in [6, 6.07) is 12.5. The van der Waals surface area contributed by atoms with Crippen molar-refractivity contribution >= 4 is 0 Å². The van der Waals surface area contributed by atoms with E-state index in [1.807, 2.05) is 18.3 Å². The Labute approximate surface area is 136 Å². The Morgan fingerprint density at radius 3 is 2.87 bits per heavy atom. The minimum atomic E-state index is 0.432. The van der Waals surface area contributed by atoms with Crippen molar-refractivity contribution in [2.75, 3.05) is 0 Å². The highest BCUT2D eigenvalue weighted by Gasteiger charge is 2.27. The molecule has 0 fully saturated rings. The second-order valence-electron chi connectivity index (χ2n) is 6.40. The number of fused-ring (bicyclic) bond motifs is 1. The number of hydrogen-bond acceptors (Lipinski definition) is 3. The minimum absolute atomic E-state index is 0.432. The molecule has 116 valence electrons. The summed E-state index contributed by atoms with van der Waals surface area (Å²) >= 11 is 0. The normalized spacial score (nSPS) is 17.0. The third-order valence-electron chi connectivity index (χ3n) is 4.64. The maximum atomic E-state index is 6.10.